The Kier molecular flexibility index (Phi) is 5.07. The number of carbonyl (C=O) groups is 2. The fraction of sp³-hybridized carbons (Fsp3) is 0.467. The molecule has 1 fully saturated rings. The van der Waals surface area contributed by atoms with Crippen LogP contribution < -0.4 is 10.1 Å². The molecule has 1 saturated heterocycles. The van der Waals surface area contributed by atoms with Gasteiger partial charge in [0.2, 0.25) is 5.91 Å². The number of rotatable bonds is 6. The summed E-state index contributed by atoms with van der Waals surface area (Å²) in [6, 6.07) is 4.75. The molecule has 0 bridgehead atoms. The van der Waals surface area contributed by atoms with E-state index < -0.39 is 6.04 Å². The van der Waals surface area contributed by atoms with Crippen molar-refractivity contribution in [2.24, 2.45) is 0 Å². The number of nitrogens with zero attached hydrogens (tertiary/aromatic N) is 1. The molecule has 1 N–H and O–H groups in total. The van der Waals surface area contributed by atoms with Crippen molar-refractivity contribution in [1.82, 2.24) is 4.90 Å². The van der Waals surface area contributed by atoms with Crippen LogP contribution >= 0.6 is 11.6 Å². The molecule has 1 heterocycles. The molecule has 1 atom stereocenters. The molecule has 0 aromatic heterocycles. The van der Waals surface area contributed by atoms with Gasteiger partial charge in [0.15, 0.2) is 0 Å². The van der Waals surface area contributed by atoms with E-state index in [2.05, 4.69) is 5.32 Å². The van der Waals surface area contributed by atoms with Crippen molar-refractivity contribution in [2.75, 3.05) is 18.5 Å². The SMILES string of the molecule is CCCOc1ccc(NC2CC(=O)N(CC)C2=O)cc1Cl. The molecule has 0 spiro atoms. The number of halogens is 1. The van der Waals surface area contributed by atoms with Crippen LogP contribution in [0.5, 0.6) is 5.75 Å². The fourth-order valence-corrected chi connectivity index (χ4v) is 2.48. The molecule has 2 amide bonds. The zero-order chi connectivity index (χ0) is 15.4. The number of anilines is 1. The second kappa shape index (κ2) is 6.80. The van der Waals surface area contributed by atoms with Gasteiger partial charge in [-0.15, -0.1) is 0 Å². The largest absolute Gasteiger partial charge is 0.492 e. The number of hydrogen-bond acceptors (Lipinski definition) is 4. The van der Waals surface area contributed by atoms with Crippen molar-refractivity contribution < 1.29 is 14.3 Å². The molecule has 1 aliphatic heterocycles. The Morgan fingerprint density at radius 2 is 2.14 bits per heavy atom. The number of likely N-dealkylation sites (N-methyl/N-ethyl adjacent to an activating group) is 1. The molecule has 0 radical (unpaired) electrons. The van der Waals surface area contributed by atoms with Gasteiger partial charge in [-0.05, 0) is 31.5 Å². The molecular weight excluding hydrogens is 292 g/mol. The molecule has 1 aliphatic rings. The van der Waals surface area contributed by atoms with Gasteiger partial charge in [0.1, 0.15) is 11.8 Å². The minimum absolute atomic E-state index is 0.144. The second-order valence-electron chi connectivity index (χ2n) is 4.87. The van der Waals surface area contributed by atoms with Gasteiger partial charge in [-0.1, -0.05) is 18.5 Å². The molecule has 21 heavy (non-hydrogen) atoms. The van der Waals surface area contributed by atoms with E-state index in [0.29, 0.717) is 29.6 Å². The van der Waals surface area contributed by atoms with Crippen molar-refractivity contribution in [1.29, 1.82) is 0 Å². The third-order valence-corrected chi connectivity index (χ3v) is 3.59. The van der Waals surface area contributed by atoms with Crippen molar-refractivity contribution in [3.63, 3.8) is 0 Å². The predicted octanol–water partition coefficient (Wildman–Crippen LogP) is 2.69. The molecule has 6 heteroatoms. The zero-order valence-corrected chi connectivity index (χ0v) is 12.9. The van der Waals surface area contributed by atoms with Gasteiger partial charge in [0.25, 0.3) is 5.91 Å². The second-order valence-corrected chi connectivity index (χ2v) is 5.28. The number of benzene rings is 1. The Morgan fingerprint density at radius 3 is 2.71 bits per heavy atom. The molecule has 0 aliphatic carbocycles. The molecule has 0 saturated carbocycles. The predicted molar refractivity (Wildman–Crippen MR) is 81.7 cm³/mol. The smallest absolute Gasteiger partial charge is 0.252 e. The minimum Gasteiger partial charge on any atom is -0.492 e. The quantitative estimate of drug-likeness (QED) is 0.821. The first-order chi connectivity index (χ1) is 10.1. The van der Waals surface area contributed by atoms with Crippen molar-refractivity contribution in [3.05, 3.63) is 23.2 Å². The number of carbonyl (C=O) groups excluding carboxylic acids is 2. The van der Waals surface area contributed by atoms with Gasteiger partial charge in [-0.2, -0.15) is 0 Å². The fourth-order valence-electron chi connectivity index (χ4n) is 2.25. The highest BCUT2D eigenvalue weighted by molar-refractivity contribution is 6.32. The third-order valence-electron chi connectivity index (χ3n) is 3.29. The summed E-state index contributed by atoms with van der Waals surface area (Å²) in [5, 5.41) is 3.54. The standard InChI is InChI=1S/C15H19ClN2O3/c1-3-7-21-13-6-5-10(8-11(13)16)17-12-9-14(19)18(4-2)15(12)20/h5-6,8,12,17H,3-4,7,9H2,1-2H3. The average Bonchev–Trinajstić information content (AvgIpc) is 2.72. The first-order valence-corrected chi connectivity index (χ1v) is 7.47. The summed E-state index contributed by atoms with van der Waals surface area (Å²) >= 11 is 6.14. The Hall–Kier alpha value is -1.75. The normalized spacial score (nSPS) is 18.2. The number of nitrogens with one attached hydrogen (secondary N) is 1. The summed E-state index contributed by atoms with van der Waals surface area (Å²) in [4.78, 5) is 25.0. The maximum absolute atomic E-state index is 12.0. The lowest BCUT2D eigenvalue weighted by Crippen LogP contribution is -2.34. The van der Waals surface area contributed by atoms with Crippen molar-refractivity contribution in [3.8, 4) is 5.75 Å². The molecule has 1 unspecified atom stereocenters. The molecular formula is C15H19ClN2O3. The summed E-state index contributed by atoms with van der Waals surface area (Å²) in [5.41, 5.74) is 0.702. The van der Waals surface area contributed by atoms with Crippen LogP contribution in [0.2, 0.25) is 5.02 Å². The van der Waals surface area contributed by atoms with Gasteiger partial charge in [-0.3, -0.25) is 14.5 Å². The van der Waals surface area contributed by atoms with Crippen molar-refractivity contribution in [2.45, 2.75) is 32.7 Å². The Morgan fingerprint density at radius 1 is 1.38 bits per heavy atom. The van der Waals surface area contributed by atoms with Gasteiger partial charge in [-0.25, -0.2) is 0 Å². The van der Waals surface area contributed by atoms with Crippen LogP contribution in [0.25, 0.3) is 0 Å². The molecule has 2 rings (SSSR count). The van der Waals surface area contributed by atoms with Gasteiger partial charge in [0.05, 0.1) is 18.1 Å². The van der Waals surface area contributed by atoms with Gasteiger partial charge in [0, 0.05) is 12.2 Å². The lowest BCUT2D eigenvalue weighted by atomic mass is 10.2. The third kappa shape index (κ3) is 3.47. The van der Waals surface area contributed by atoms with Crippen LogP contribution in [0.4, 0.5) is 5.69 Å². The van der Waals surface area contributed by atoms with E-state index >= 15 is 0 Å². The number of likely N-dealkylation sites (tertiary alicyclic amines) is 1. The summed E-state index contributed by atoms with van der Waals surface area (Å²) < 4.78 is 5.49. The number of amides is 2. The Bertz CT molecular complexity index is 548. The highest BCUT2D eigenvalue weighted by Crippen LogP contribution is 2.29. The maximum atomic E-state index is 12.0. The van der Waals surface area contributed by atoms with E-state index in [1.165, 1.54) is 4.90 Å². The van der Waals surface area contributed by atoms with Crippen LogP contribution in [-0.2, 0) is 9.59 Å². The first kappa shape index (κ1) is 15.6. The number of ether oxygens (including phenoxy) is 1. The van der Waals surface area contributed by atoms with E-state index in [-0.39, 0.29) is 18.2 Å². The van der Waals surface area contributed by atoms with Crippen LogP contribution in [0.3, 0.4) is 0 Å². The van der Waals surface area contributed by atoms with E-state index in [1.807, 2.05) is 6.92 Å². The first-order valence-electron chi connectivity index (χ1n) is 7.09. The highest BCUT2D eigenvalue weighted by Gasteiger charge is 2.37. The van der Waals surface area contributed by atoms with Crippen LogP contribution in [-0.4, -0.2) is 35.9 Å². The lowest BCUT2D eigenvalue weighted by molar-refractivity contribution is -0.138. The molecule has 114 valence electrons. The van der Waals surface area contributed by atoms with E-state index in [1.54, 1.807) is 25.1 Å². The van der Waals surface area contributed by atoms with Gasteiger partial charge >= 0.3 is 0 Å². The lowest BCUT2D eigenvalue weighted by Gasteiger charge is -2.15. The van der Waals surface area contributed by atoms with Crippen molar-refractivity contribution >= 4 is 29.1 Å². The van der Waals surface area contributed by atoms with E-state index in [0.717, 1.165) is 6.42 Å². The van der Waals surface area contributed by atoms with E-state index in [9.17, 15) is 9.59 Å². The number of hydrogen-bond donors (Lipinski definition) is 1. The highest BCUT2D eigenvalue weighted by atomic mass is 35.5. The Balaban J connectivity index is 2.05. The molecule has 1 aromatic carbocycles. The Labute approximate surface area is 129 Å². The van der Waals surface area contributed by atoms with Crippen LogP contribution in [0, 0.1) is 0 Å². The van der Waals surface area contributed by atoms with Crippen LogP contribution in [0.1, 0.15) is 26.7 Å². The minimum atomic E-state index is -0.518. The summed E-state index contributed by atoms with van der Waals surface area (Å²) in [6.07, 6.45) is 1.08. The number of imide groups is 1. The summed E-state index contributed by atoms with van der Waals surface area (Å²) in [7, 11) is 0. The molecule has 1 aromatic rings. The monoisotopic (exact) mass is 310 g/mol. The maximum Gasteiger partial charge on any atom is 0.252 e. The van der Waals surface area contributed by atoms with E-state index in [4.69, 9.17) is 16.3 Å². The van der Waals surface area contributed by atoms with Crippen LogP contribution in [0.15, 0.2) is 18.2 Å². The topological polar surface area (TPSA) is 58.6 Å². The summed E-state index contributed by atoms with van der Waals surface area (Å²) in [6.45, 7) is 4.81. The zero-order valence-electron chi connectivity index (χ0n) is 12.2. The average molecular weight is 311 g/mol. The van der Waals surface area contributed by atoms with Gasteiger partial charge < -0.3 is 10.1 Å². The molecule has 5 nitrogen and oxygen atoms in total. The summed E-state index contributed by atoms with van der Waals surface area (Å²) in [5.74, 6) is 0.284.